The Morgan fingerprint density at radius 1 is 1.42 bits per heavy atom. The number of rotatable bonds is 2. The Kier molecular flexibility index (Phi) is 3.09. The second-order valence-corrected chi connectivity index (χ2v) is 3.83. The van der Waals surface area contributed by atoms with Gasteiger partial charge in [-0.1, -0.05) is 6.42 Å². The van der Waals surface area contributed by atoms with E-state index in [1.807, 2.05) is 0 Å². The van der Waals surface area contributed by atoms with Gasteiger partial charge in [0.1, 0.15) is 5.84 Å². The summed E-state index contributed by atoms with van der Waals surface area (Å²) < 4.78 is 0. The lowest BCUT2D eigenvalue weighted by Gasteiger charge is -2.38. The fourth-order valence-electron chi connectivity index (χ4n) is 1.98. The van der Waals surface area contributed by atoms with E-state index in [-0.39, 0.29) is 5.84 Å². The topological polar surface area (TPSA) is 53.1 Å². The van der Waals surface area contributed by atoms with Crippen molar-refractivity contribution in [3.05, 3.63) is 0 Å². The molecule has 0 bridgehead atoms. The van der Waals surface area contributed by atoms with E-state index in [2.05, 4.69) is 18.7 Å². The van der Waals surface area contributed by atoms with E-state index in [9.17, 15) is 0 Å². The Hall–Kier alpha value is -0.570. The highest BCUT2D eigenvalue weighted by atomic mass is 15.2. The van der Waals surface area contributed by atoms with Gasteiger partial charge in [-0.05, 0) is 26.7 Å². The molecule has 0 saturated carbocycles. The summed E-state index contributed by atoms with van der Waals surface area (Å²) in [5.74, 6) is 0.288. The first-order valence-corrected chi connectivity index (χ1v) is 4.70. The summed E-state index contributed by atoms with van der Waals surface area (Å²) in [6, 6.07) is 1.19. The summed E-state index contributed by atoms with van der Waals surface area (Å²) in [6.07, 6.45) is 3.81. The highest BCUT2D eigenvalue weighted by molar-refractivity contribution is 5.79. The van der Waals surface area contributed by atoms with Crippen LogP contribution in [0.25, 0.3) is 0 Å². The van der Waals surface area contributed by atoms with Crippen molar-refractivity contribution < 1.29 is 0 Å². The molecule has 1 saturated heterocycles. The number of nitrogens with two attached hydrogens (primary N) is 1. The van der Waals surface area contributed by atoms with Crippen LogP contribution in [0, 0.1) is 5.41 Å². The molecule has 2 atom stereocenters. The molecule has 0 aliphatic carbocycles. The summed E-state index contributed by atoms with van der Waals surface area (Å²) >= 11 is 0. The first-order valence-electron chi connectivity index (χ1n) is 4.70. The monoisotopic (exact) mass is 169 g/mol. The number of amidine groups is 1. The Labute approximate surface area is 74.4 Å². The zero-order valence-electron chi connectivity index (χ0n) is 8.01. The lowest BCUT2D eigenvalue weighted by molar-refractivity contribution is 0.123. The molecular weight excluding hydrogens is 150 g/mol. The molecule has 3 nitrogen and oxygen atoms in total. The van der Waals surface area contributed by atoms with Crippen LogP contribution in [0.4, 0.5) is 0 Å². The highest BCUT2D eigenvalue weighted by Crippen LogP contribution is 2.21. The first-order chi connectivity index (χ1) is 5.61. The average molecular weight is 169 g/mol. The van der Waals surface area contributed by atoms with Crippen LogP contribution in [0.1, 0.15) is 33.1 Å². The van der Waals surface area contributed by atoms with Gasteiger partial charge in [-0.2, -0.15) is 0 Å². The summed E-state index contributed by atoms with van der Waals surface area (Å²) in [6.45, 7) is 5.08. The van der Waals surface area contributed by atoms with Crippen molar-refractivity contribution >= 4 is 5.84 Å². The van der Waals surface area contributed by atoms with Crippen LogP contribution in [0.2, 0.25) is 0 Å². The minimum absolute atomic E-state index is 0.288. The molecule has 0 spiro atoms. The number of hydrogen-bond acceptors (Lipinski definition) is 2. The summed E-state index contributed by atoms with van der Waals surface area (Å²) in [7, 11) is 0. The number of hydrogen-bond donors (Lipinski definition) is 2. The van der Waals surface area contributed by atoms with Gasteiger partial charge in [0.15, 0.2) is 0 Å². The van der Waals surface area contributed by atoms with Gasteiger partial charge in [-0.3, -0.25) is 10.3 Å². The quantitative estimate of drug-likeness (QED) is 0.482. The Morgan fingerprint density at radius 2 is 1.92 bits per heavy atom. The molecule has 1 aliphatic rings. The maximum absolute atomic E-state index is 7.25. The van der Waals surface area contributed by atoms with Crippen molar-refractivity contribution in [2.75, 3.05) is 6.54 Å². The normalized spacial score (nSPS) is 31.8. The lowest BCUT2D eigenvalue weighted by atomic mass is 9.97. The number of likely N-dealkylation sites (tertiary alicyclic amines) is 1. The standard InChI is InChI=1S/C9H19N3/c1-7-4-3-5-8(2)12(7)6-9(10)11/h7-8H,3-6H2,1-2H3,(H3,10,11)/t7-,8+. The molecule has 3 heteroatoms. The van der Waals surface area contributed by atoms with Crippen molar-refractivity contribution in [2.45, 2.75) is 45.2 Å². The van der Waals surface area contributed by atoms with Crippen molar-refractivity contribution in [1.82, 2.24) is 4.90 Å². The molecule has 1 heterocycles. The minimum atomic E-state index is 0.288. The van der Waals surface area contributed by atoms with Gasteiger partial charge in [0, 0.05) is 12.1 Å². The van der Waals surface area contributed by atoms with Gasteiger partial charge in [-0.15, -0.1) is 0 Å². The molecule has 12 heavy (non-hydrogen) atoms. The predicted molar refractivity (Wildman–Crippen MR) is 51.4 cm³/mol. The molecule has 70 valence electrons. The van der Waals surface area contributed by atoms with E-state index in [4.69, 9.17) is 11.1 Å². The fraction of sp³-hybridized carbons (Fsp3) is 0.889. The van der Waals surface area contributed by atoms with Crippen LogP contribution < -0.4 is 5.73 Å². The fourth-order valence-corrected chi connectivity index (χ4v) is 1.98. The molecule has 0 aromatic heterocycles. The van der Waals surface area contributed by atoms with Crippen molar-refractivity contribution in [2.24, 2.45) is 5.73 Å². The Balaban J connectivity index is 2.50. The first kappa shape index (κ1) is 9.52. The predicted octanol–water partition coefficient (Wildman–Crippen LogP) is 1.19. The molecule has 0 aromatic carbocycles. The van der Waals surface area contributed by atoms with Crippen LogP contribution in [0.5, 0.6) is 0 Å². The third kappa shape index (κ3) is 2.21. The number of piperidine rings is 1. The van der Waals surface area contributed by atoms with Crippen molar-refractivity contribution in [3.8, 4) is 0 Å². The maximum Gasteiger partial charge on any atom is 0.105 e. The van der Waals surface area contributed by atoms with E-state index < -0.39 is 0 Å². The van der Waals surface area contributed by atoms with E-state index in [1.165, 1.54) is 19.3 Å². The van der Waals surface area contributed by atoms with Gasteiger partial charge in [0.05, 0.1) is 6.54 Å². The van der Waals surface area contributed by atoms with Crippen LogP contribution in [0.3, 0.4) is 0 Å². The SMILES string of the molecule is C[C@@H]1CCC[C@H](C)N1CC(=N)N. The zero-order chi connectivity index (χ0) is 9.14. The lowest BCUT2D eigenvalue weighted by Crippen LogP contribution is -2.47. The van der Waals surface area contributed by atoms with Crippen LogP contribution in [0.15, 0.2) is 0 Å². The Morgan fingerprint density at radius 3 is 2.33 bits per heavy atom. The molecule has 0 aromatic rings. The molecule has 3 N–H and O–H groups in total. The van der Waals surface area contributed by atoms with Crippen molar-refractivity contribution in [1.29, 1.82) is 5.41 Å². The summed E-state index contributed by atoms with van der Waals surface area (Å²) in [5.41, 5.74) is 5.39. The second kappa shape index (κ2) is 3.90. The minimum Gasteiger partial charge on any atom is -0.387 e. The van der Waals surface area contributed by atoms with Gasteiger partial charge >= 0.3 is 0 Å². The van der Waals surface area contributed by atoms with E-state index in [1.54, 1.807) is 0 Å². The highest BCUT2D eigenvalue weighted by Gasteiger charge is 2.24. The number of nitrogens with one attached hydrogen (secondary N) is 1. The molecule has 1 fully saturated rings. The summed E-state index contributed by atoms with van der Waals surface area (Å²) in [5, 5.41) is 7.25. The maximum atomic E-state index is 7.25. The Bertz CT molecular complexity index is 157. The summed E-state index contributed by atoms with van der Waals surface area (Å²) in [4.78, 5) is 2.33. The second-order valence-electron chi connectivity index (χ2n) is 3.83. The largest absolute Gasteiger partial charge is 0.387 e. The van der Waals surface area contributed by atoms with Gasteiger partial charge < -0.3 is 5.73 Å². The van der Waals surface area contributed by atoms with Gasteiger partial charge in [-0.25, -0.2) is 0 Å². The van der Waals surface area contributed by atoms with Crippen LogP contribution in [-0.4, -0.2) is 29.4 Å². The van der Waals surface area contributed by atoms with Crippen molar-refractivity contribution in [3.63, 3.8) is 0 Å². The third-order valence-corrected chi connectivity index (χ3v) is 2.73. The smallest absolute Gasteiger partial charge is 0.105 e. The molecule has 0 amide bonds. The van der Waals surface area contributed by atoms with E-state index in [0.29, 0.717) is 18.6 Å². The van der Waals surface area contributed by atoms with Gasteiger partial charge in [0.25, 0.3) is 0 Å². The molecular formula is C9H19N3. The van der Waals surface area contributed by atoms with Crippen LogP contribution in [-0.2, 0) is 0 Å². The van der Waals surface area contributed by atoms with E-state index in [0.717, 1.165) is 0 Å². The molecule has 0 unspecified atom stereocenters. The number of nitrogens with zero attached hydrogens (tertiary/aromatic N) is 1. The molecule has 1 rings (SSSR count). The average Bonchev–Trinajstić information content (AvgIpc) is 1.97. The molecule has 1 aliphatic heterocycles. The van der Waals surface area contributed by atoms with E-state index >= 15 is 0 Å². The zero-order valence-corrected chi connectivity index (χ0v) is 8.01. The van der Waals surface area contributed by atoms with Crippen LogP contribution >= 0.6 is 0 Å². The third-order valence-electron chi connectivity index (χ3n) is 2.73. The molecule has 0 radical (unpaired) electrons. The van der Waals surface area contributed by atoms with Gasteiger partial charge in [0.2, 0.25) is 0 Å².